The first-order valence-corrected chi connectivity index (χ1v) is 7.25. The smallest absolute Gasteiger partial charge is 0.317 e. The largest absolute Gasteiger partial charge is 0.331 e. The van der Waals surface area contributed by atoms with Crippen molar-refractivity contribution in [3.8, 4) is 0 Å². The van der Waals surface area contributed by atoms with Gasteiger partial charge in [0.05, 0.1) is 6.04 Å². The van der Waals surface area contributed by atoms with Gasteiger partial charge in [-0.15, -0.1) is 0 Å². The van der Waals surface area contributed by atoms with Gasteiger partial charge in [-0.3, -0.25) is 0 Å². The molecule has 110 valence electrons. The van der Waals surface area contributed by atoms with Crippen LogP contribution >= 0.6 is 11.6 Å². The SMILES string of the molecule is CC(NC(=O)N(C)Cc1ccccc1)c1ccc(Cl)cc1. The van der Waals surface area contributed by atoms with Crippen LogP contribution in [0.15, 0.2) is 54.6 Å². The van der Waals surface area contributed by atoms with Crippen LogP contribution < -0.4 is 5.32 Å². The normalized spacial score (nSPS) is 11.8. The minimum atomic E-state index is -0.0960. The van der Waals surface area contributed by atoms with Crippen LogP contribution in [-0.4, -0.2) is 18.0 Å². The molecule has 2 amide bonds. The van der Waals surface area contributed by atoms with Crippen molar-refractivity contribution in [1.82, 2.24) is 10.2 Å². The highest BCUT2D eigenvalue weighted by Gasteiger charge is 2.13. The lowest BCUT2D eigenvalue weighted by molar-refractivity contribution is 0.203. The van der Waals surface area contributed by atoms with Gasteiger partial charge in [-0.1, -0.05) is 54.1 Å². The van der Waals surface area contributed by atoms with Crippen molar-refractivity contribution >= 4 is 17.6 Å². The Morgan fingerprint density at radius 2 is 1.76 bits per heavy atom. The van der Waals surface area contributed by atoms with E-state index in [2.05, 4.69) is 5.32 Å². The molecule has 0 saturated heterocycles. The Hall–Kier alpha value is -2.00. The molecule has 0 heterocycles. The number of rotatable bonds is 4. The Kier molecular flexibility index (Phi) is 5.23. The van der Waals surface area contributed by atoms with Gasteiger partial charge in [-0.05, 0) is 30.2 Å². The minimum absolute atomic E-state index is 0.0620. The van der Waals surface area contributed by atoms with Crippen LogP contribution in [-0.2, 0) is 6.54 Å². The zero-order valence-corrected chi connectivity index (χ0v) is 13.0. The highest BCUT2D eigenvalue weighted by Crippen LogP contribution is 2.16. The summed E-state index contributed by atoms with van der Waals surface area (Å²) in [5, 5.41) is 3.67. The van der Waals surface area contributed by atoms with Gasteiger partial charge in [-0.25, -0.2) is 4.79 Å². The van der Waals surface area contributed by atoms with E-state index in [0.29, 0.717) is 11.6 Å². The maximum absolute atomic E-state index is 12.2. The van der Waals surface area contributed by atoms with Crippen LogP contribution in [0.2, 0.25) is 5.02 Å². The molecule has 1 N–H and O–H groups in total. The molecule has 0 radical (unpaired) electrons. The highest BCUT2D eigenvalue weighted by molar-refractivity contribution is 6.30. The van der Waals surface area contributed by atoms with E-state index in [-0.39, 0.29) is 12.1 Å². The fraction of sp³-hybridized carbons (Fsp3) is 0.235. The number of amides is 2. The molecule has 1 unspecified atom stereocenters. The van der Waals surface area contributed by atoms with E-state index in [1.165, 1.54) is 0 Å². The predicted octanol–water partition coefficient (Wildman–Crippen LogP) is 4.24. The number of hydrogen-bond acceptors (Lipinski definition) is 1. The number of halogens is 1. The molecular formula is C17H19ClN2O. The molecule has 0 aromatic heterocycles. The highest BCUT2D eigenvalue weighted by atomic mass is 35.5. The van der Waals surface area contributed by atoms with Crippen LogP contribution in [0.5, 0.6) is 0 Å². The molecule has 3 nitrogen and oxygen atoms in total. The lowest BCUT2D eigenvalue weighted by atomic mass is 10.1. The van der Waals surface area contributed by atoms with Crippen molar-refractivity contribution in [2.45, 2.75) is 19.5 Å². The van der Waals surface area contributed by atoms with Crippen molar-refractivity contribution in [3.05, 3.63) is 70.7 Å². The molecule has 1 atom stereocenters. The Balaban J connectivity index is 1.92. The fourth-order valence-corrected chi connectivity index (χ4v) is 2.19. The van der Waals surface area contributed by atoms with E-state index in [4.69, 9.17) is 11.6 Å². The van der Waals surface area contributed by atoms with Crippen LogP contribution in [0.25, 0.3) is 0 Å². The Morgan fingerprint density at radius 3 is 2.38 bits per heavy atom. The average molecular weight is 303 g/mol. The second-order valence-corrected chi connectivity index (χ2v) is 5.50. The van der Waals surface area contributed by atoms with Gasteiger partial charge in [0, 0.05) is 18.6 Å². The summed E-state index contributed by atoms with van der Waals surface area (Å²) in [5.74, 6) is 0. The topological polar surface area (TPSA) is 32.3 Å². The molecule has 0 bridgehead atoms. The number of benzene rings is 2. The van der Waals surface area contributed by atoms with Crippen LogP contribution in [0.4, 0.5) is 4.79 Å². The number of nitrogens with zero attached hydrogens (tertiary/aromatic N) is 1. The monoisotopic (exact) mass is 302 g/mol. The Morgan fingerprint density at radius 1 is 1.14 bits per heavy atom. The molecule has 0 fully saturated rings. The van der Waals surface area contributed by atoms with Crippen molar-refractivity contribution < 1.29 is 4.79 Å². The summed E-state index contributed by atoms with van der Waals surface area (Å²) < 4.78 is 0. The number of carbonyl (C=O) groups is 1. The minimum Gasteiger partial charge on any atom is -0.331 e. The zero-order valence-electron chi connectivity index (χ0n) is 12.2. The summed E-state index contributed by atoms with van der Waals surface area (Å²) in [4.78, 5) is 13.9. The molecule has 0 spiro atoms. The van der Waals surface area contributed by atoms with Gasteiger partial charge in [-0.2, -0.15) is 0 Å². The third-order valence-corrected chi connectivity index (χ3v) is 3.57. The molecule has 2 rings (SSSR count). The first kappa shape index (κ1) is 15.4. The third kappa shape index (κ3) is 4.50. The lowest BCUT2D eigenvalue weighted by Crippen LogP contribution is -2.38. The van der Waals surface area contributed by atoms with Gasteiger partial charge >= 0.3 is 6.03 Å². The third-order valence-electron chi connectivity index (χ3n) is 3.32. The van der Waals surface area contributed by atoms with Gasteiger partial charge in [0.15, 0.2) is 0 Å². The quantitative estimate of drug-likeness (QED) is 0.900. The summed E-state index contributed by atoms with van der Waals surface area (Å²) in [7, 11) is 1.79. The molecule has 4 heteroatoms. The summed E-state index contributed by atoms with van der Waals surface area (Å²) in [6.45, 7) is 2.54. The second-order valence-electron chi connectivity index (χ2n) is 5.06. The van der Waals surface area contributed by atoms with E-state index in [9.17, 15) is 4.79 Å². The first-order chi connectivity index (χ1) is 10.1. The zero-order chi connectivity index (χ0) is 15.2. The molecule has 0 aliphatic carbocycles. The van der Waals surface area contributed by atoms with Gasteiger partial charge in [0.25, 0.3) is 0 Å². The van der Waals surface area contributed by atoms with Crippen LogP contribution in [0.1, 0.15) is 24.1 Å². The molecule has 2 aromatic carbocycles. The van der Waals surface area contributed by atoms with Gasteiger partial charge in [0.1, 0.15) is 0 Å². The van der Waals surface area contributed by atoms with Crippen molar-refractivity contribution in [2.24, 2.45) is 0 Å². The van der Waals surface area contributed by atoms with E-state index in [0.717, 1.165) is 11.1 Å². The summed E-state index contributed by atoms with van der Waals surface area (Å²) in [6.07, 6.45) is 0. The van der Waals surface area contributed by atoms with Crippen molar-refractivity contribution in [1.29, 1.82) is 0 Å². The standard InChI is InChI=1S/C17H19ClN2O/c1-13(15-8-10-16(18)11-9-15)19-17(21)20(2)12-14-6-4-3-5-7-14/h3-11,13H,12H2,1-2H3,(H,19,21). The average Bonchev–Trinajstić information content (AvgIpc) is 2.48. The van der Waals surface area contributed by atoms with E-state index in [1.807, 2.05) is 61.5 Å². The fourth-order valence-electron chi connectivity index (χ4n) is 2.06. The molecule has 0 aliphatic heterocycles. The number of carbonyl (C=O) groups excluding carboxylic acids is 1. The Labute approximate surface area is 130 Å². The number of nitrogens with one attached hydrogen (secondary N) is 1. The lowest BCUT2D eigenvalue weighted by Gasteiger charge is -2.21. The second kappa shape index (κ2) is 7.14. The summed E-state index contributed by atoms with van der Waals surface area (Å²) in [5.41, 5.74) is 2.13. The van der Waals surface area contributed by atoms with Crippen molar-refractivity contribution in [2.75, 3.05) is 7.05 Å². The van der Waals surface area contributed by atoms with E-state index < -0.39 is 0 Å². The van der Waals surface area contributed by atoms with E-state index >= 15 is 0 Å². The van der Waals surface area contributed by atoms with Gasteiger partial charge < -0.3 is 10.2 Å². The maximum atomic E-state index is 12.2. The number of urea groups is 1. The molecule has 0 aliphatic rings. The van der Waals surface area contributed by atoms with Gasteiger partial charge in [0.2, 0.25) is 0 Å². The first-order valence-electron chi connectivity index (χ1n) is 6.87. The molecule has 21 heavy (non-hydrogen) atoms. The van der Waals surface area contributed by atoms with E-state index in [1.54, 1.807) is 11.9 Å². The van der Waals surface area contributed by atoms with Crippen molar-refractivity contribution in [3.63, 3.8) is 0 Å². The molecule has 2 aromatic rings. The summed E-state index contributed by atoms with van der Waals surface area (Å²) >= 11 is 5.87. The molecular weight excluding hydrogens is 284 g/mol. The maximum Gasteiger partial charge on any atom is 0.317 e. The Bertz CT molecular complexity index is 583. The van der Waals surface area contributed by atoms with Crippen LogP contribution in [0.3, 0.4) is 0 Å². The van der Waals surface area contributed by atoms with Crippen LogP contribution in [0, 0.1) is 0 Å². The predicted molar refractivity (Wildman–Crippen MR) is 86.3 cm³/mol. The summed E-state index contributed by atoms with van der Waals surface area (Å²) in [6, 6.07) is 17.3. The molecule has 0 saturated carbocycles. The number of hydrogen-bond donors (Lipinski definition) is 1.